The van der Waals surface area contributed by atoms with Crippen LogP contribution in [0.15, 0.2) is 18.2 Å². The number of ether oxygens (including phenoxy) is 1. The van der Waals surface area contributed by atoms with Gasteiger partial charge in [0.25, 0.3) is 5.69 Å². The molecule has 0 aliphatic rings. The van der Waals surface area contributed by atoms with Crippen molar-refractivity contribution in [3.05, 3.63) is 38.9 Å². The number of hydrogen-bond acceptors (Lipinski definition) is 4. The molecule has 1 rings (SSSR count). The molecule has 1 aromatic carbocycles. The number of nitro groups is 1. The summed E-state index contributed by atoms with van der Waals surface area (Å²) in [6.07, 6.45) is 0. The predicted octanol–water partition coefficient (Wildman–Crippen LogP) is 2.76. The van der Waals surface area contributed by atoms with E-state index < -0.39 is 4.92 Å². The molecule has 0 radical (unpaired) electrons. The van der Waals surface area contributed by atoms with Crippen LogP contribution in [-0.2, 0) is 11.3 Å². The van der Waals surface area contributed by atoms with Crippen LogP contribution in [0.25, 0.3) is 0 Å². The van der Waals surface area contributed by atoms with E-state index in [1.165, 1.54) is 12.1 Å². The Labute approximate surface area is 111 Å². The molecule has 0 aliphatic heterocycles. The van der Waals surface area contributed by atoms with Crippen molar-refractivity contribution in [1.82, 2.24) is 5.32 Å². The van der Waals surface area contributed by atoms with Crippen molar-refractivity contribution in [2.75, 3.05) is 13.2 Å². The topological polar surface area (TPSA) is 64.4 Å². The molecule has 0 spiro atoms. The molecule has 0 heterocycles. The Kier molecular flexibility index (Phi) is 6.04. The lowest BCUT2D eigenvalue weighted by molar-refractivity contribution is -0.384. The lowest BCUT2D eigenvalue weighted by Crippen LogP contribution is -2.30. The number of benzene rings is 1. The second-order valence-electron chi connectivity index (χ2n) is 3.97. The Balaban J connectivity index is 2.60. The second kappa shape index (κ2) is 7.31. The molecule has 1 aromatic rings. The van der Waals surface area contributed by atoms with Gasteiger partial charge in [-0.3, -0.25) is 10.1 Å². The zero-order chi connectivity index (χ0) is 13.5. The van der Waals surface area contributed by atoms with Crippen LogP contribution >= 0.6 is 11.6 Å². The fourth-order valence-electron chi connectivity index (χ4n) is 1.45. The first kappa shape index (κ1) is 14.9. The molecule has 1 N–H and O–H groups in total. The van der Waals surface area contributed by atoms with Gasteiger partial charge in [0.05, 0.1) is 11.5 Å². The standard InChI is InChI=1S/C12H17ClN2O3/c1-3-18-8-9(2)14-7-10-6-11(15(16)17)4-5-12(10)13/h4-6,9,14H,3,7-8H2,1-2H3. The number of nitro benzene ring substituents is 1. The van der Waals surface area contributed by atoms with E-state index in [1.54, 1.807) is 6.07 Å². The molecule has 100 valence electrons. The highest BCUT2D eigenvalue weighted by atomic mass is 35.5. The van der Waals surface area contributed by atoms with Crippen LogP contribution in [0.1, 0.15) is 19.4 Å². The minimum Gasteiger partial charge on any atom is -0.380 e. The van der Waals surface area contributed by atoms with Crippen LogP contribution in [0.2, 0.25) is 5.02 Å². The van der Waals surface area contributed by atoms with Crippen molar-refractivity contribution < 1.29 is 9.66 Å². The summed E-state index contributed by atoms with van der Waals surface area (Å²) in [5.74, 6) is 0. The molecule has 1 unspecified atom stereocenters. The Morgan fingerprint density at radius 3 is 2.89 bits per heavy atom. The maximum Gasteiger partial charge on any atom is 0.269 e. The van der Waals surface area contributed by atoms with Crippen molar-refractivity contribution in [3.8, 4) is 0 Å². The quantitative estimate of drug-likeness (QED) is 0.612. The second-order valence-corrected chi connectivity index (χ2v) is 4.38. The summed E-state index contributed by atoms with van der Waals surface area (Å²) in [5, 5.41) is 14.4. The number of hydrogen-bond donors (Lipinski definition) is 1. The molecule has 0 aromatic heterocycles. The summed E-state index contributed by atoms with van der Waals surface area (Å²) in [6, 6.07) is 4.60. The van der Waals surface area contributed by atoms with Crippen molar-refractivity contribution in [2.24, 2.45) is 0 Å². The van der Waals surface area contributed by atoms with Crippen LogP contribution in [-0.4, -0.2) is 24.2 Å². The minimum absolute atomic E-state index is 0.0497. The lowest BCUT2D eigenvalue weighted by atomic mass is 10.2. The lowest BCUT2D eigenvalue weighted by Gasteiger charge is -2.14. The zero-order valence-corrected chi connectivity index (χ0v) is 11.2. The van der Waals surface area contributed by atoms with Crippen molar-refractivity contribution in [1.29, 1.82) is 0 Å². The van der Waals surface area contributed by atoms with Gasteiger partial charge in [-0.05, 0) is 25.5 Å². The smallest absolute Gasteiger partial charge is 0.269 e. The fourth-order valence-corrected chi connectivity index (χ4v) is 1.63. The Hall–Kier alpha value is -1.17. The normalized spacial score (nSPS) is 12.4. The van der Waals surface area contributed by atoms with Crippen molar-refractivity contribution in [2.45, 2.75) is 26.4 Å². The van der Waals surface area contributed by atoms with Gasteiger partial charge in [-0.25, -0.2) is 0 Å². The molecular formula is C12H17ClN2O3. The fraction of sp³-hybridized carbons (Fsp3) is 0.500. The van der Waals surface area contributed by atoms with Gasteiger partial charge >= 0.3 is 0 Å². The van der Waals surface area contributed by atoms with Gasteiger partial charge in [-0.15, -0.1) is 0 Å². The van der Waals surface area contributed by atoms with Gasteiger partial charge in [0.2, 0.25) is 0 Å². The summed E-state index contributed by atoms with van der Waals surface area (Å²) in [7, 11) is 0. The van der Waals surface area contributed by atoms with Crippen LogP contribution in [0.5, 0.6) is 0 Å². The highest BCUT2D eigenvalue weighted by Crippen LogP contribution is 2.21. The van der Waals surface area contributed by atoms with Crippen LogP contribution in [0, 0.1) is 10.1 Å². The molecule has 0 saturated heterocycles. The first-order valence-corrected chi connectivity index (χ1v) is 6.16. The van der Waals surface area contributed by atoms with Gasteiger partial charge in [-0.2, -0.15) is 0 Å². The third-order valence-electron chi connectivity index (χ3n) is 2.45. The van der Waals surface area contributed by atoms with Crippen LogP contribution < -0.4 is 5.32 Å². The number of rotatable bonds is 7. The minimum atomic E-state index is -0.427. The molecule has 18 heavy (non-hydrogen) atoms. The van der Waals surface area contributed by atoms with E-state index in [0.717, 1.165) is 0 Å². The first-order valence-electron chi connectivity index (χ1n) is 5.78. The largest absolute Gasteiger partial charge is 0.380 e. The summed E-state index contributed by atoms with van der Waals surface area (Å²) >= 11 is 5.99. The Morgan fingerprint density at radius 1 is 1.56 bits per heavy atom. The number of nitrogens with one attached hydrogen (secondary N) is 1. The van der Waals surface area contributed by atoms with Crippen molar-refractivity contribution >= 4 is 17.3 Å². The molecule has 5 nitrogen and oxygen atoms in total. The van der Waals surface area contributed by atoms with E-state index in [1.807, 2.05) is 13.8 Å². The predicted molar refractivity (Wildman–Crippen MR) is 70.9 cm³/mol. The van der Waals surface area contributed by atoms with E-state index in [0.29, 0.717) is 30.3 Å². The summed E-state index contributed by atoms with van der Waals surface area (Å²) in [4.78, 5) is 10.2. The average molecular weight is 273 g/mol. The first-order chi connectivity index (χ1) is 8.54. The van der Waals surface area contributed by atoms with E-state index in [4.69, 9.17) is 16.3 Å². The summed E-state index contributed by atoms with van der Waals surface area (Å²) in [5.41, 5.74) is 0.767. The van der Waals surface area contributed by atoms with E-state index >= 15 is 0 Å². The maximum atomic E-state index is 10.7. The molecule has 0 fully saturated rings. The van der Waals surface area contributed by atoms with Gasteiger partial charge in [0.15, 0.2) is 0 Å². The summed E-state index contributed by atoms with van der Waals surface area (Å²) < 4.78 is 5.27. The number of non-ortho nitro benzene ring substituents is 1. The van der Waals surface area contributed by atoms with Crippen LogP contribution in [0.3, 0.4) is 0 Å². The molecule has 1 atom stereocenters. The SMILES string of the molecule is CCOCC(C)NCc1cc([N+](=O)[O-])ccc1Cl. The van der Waals surface area contributed by atoms with E-state index in [9.17, 15) is 10.1 Å². The average Bonchev–Trinajstić information content (AvgIpc) is 2.35. The molecule has 6 heteroatoms. The van der Waals surface area contributed by atoms with Gasteiger partial charge in [-0.1, -0.05) is 11.6 Å². The molecule has 0 bridgehead atoms. The third-order valence-corrected chi connectivity index (χ3v) is 2.82. The van der Waals surface area contributed by atoms with E-state index in [-0.39, 0.29) is 11.7 Å². The van der Waals surface area contributed by atoms with Gasteiger partial charge < -0.3 is 10.1 Å². The van der Waals surface area contributed by atoms with Crippen LogP contribution in [0.4, 0.5) is 5.69 Å². The third kappa shape index (κ3) is 4.60. The van der Waals surface area contributed by atoms with Crippen molar-refractivity contribution in [3.63, 3.8) is 0 Å². The van der Waals surface area contributed by atoms with Gasteiger partial charge in [0, 0.05) is 36.3 Å². The number of nitrogens with zero attached hydrogens (tertiary/aromatic N) is 1. The molecule has 0 amide bonds. The monoisotopic (exact) mass is 272 g/mol. The maximum absolute atomic E-state index is 10.7. The summed E-state index contributed by atoms with van der Waals surface area (Å²) in [6.45, 7) is 5.67. The molecular weight excluding hydrogens is 256 g/mol. The molecule has 0 aliphatic carbocycles. The Morgan fingerprint density at radius 2 is 2.28 bits per heavy atom. The highest BCUT2D eigenvalue weighted by Gasteiger charge is 2.10. The Bertz CT molecular complexity index is 412. The molecule has 0 saturated carbocycles. The van der Waals surface area contributed by atoms with E-state index in [2.05, 4.69) is 5.32 Å². The highest BCUT2D eigenvalue weighted by molar-refractivity contribution is 6.31. The number of halogens is 1. The van der Waals surface area contributed by atoms with Gasteiger partial charge in [0.1, 0.15) is 0 Å². The zero-order valence-electron chi connectivity index (χ0n) is 10.5.